The Hall–Kier alpha value is -1.83. The topological polar surface area (TPSA) is 79.6 Å². The Bertz CT molecular complexity index is 860. The van der Waals surface area contributed by atoms with E-state index in [1.54, 1.807) is 24.3 Å². The first kappa shape index (κ1) is 21.5. The summed E-state index contributed by atoms with van der Waals surface area (Å²) in [6.45, 7) is 7.22. The minimum atomic E-state index is -3.44. The summed E-state index contributed by atoms with van der Waals surface area (Å²) >= 11 is 5.89. The van der Waals surface area contributed by atoms with E-state index in [0.717, 1.165) is 19.6 Å². The maximum Gasteiger partial charge on any atom is 0.287 e. The first-order valence-corrected chi connectivity index (χ1v) is 11.1. The van der Waals surface area contributed by atoms with Gasteiger partial charge in [-0.1, -0.05) is 37.6 Å². The van der Waals surface area contributed by atoms with Crippen LogP contribution in [0.15, 0.2) is 40.8 Å². The van der Waals surface area contributed by atoms with Gasteiger partial charge in [-0.3, -0.25) is 4.79 Å². The fourth-order valence-electron chi connectivity index (χ4n) is 2.68. The molecule has 0 fully saturated rings. The molecule has 1 aromatic carbocycles. The van der Waals surface area contributed by atoms with Crippen LogP contribution in [0.4, 0.5) is 0 Å². The van der Waals surface area contributed by atoms with Gasteiger partial charge in [-0.05, 0) is 42.9 Å². The SMILES string of the molecule is CCN(CC)CCNC(=O)c1ccc(CS(=O)(=O)Cc2cccc(Cl)c2)o1. The molecule has 8 heteroatoms. The lowest BCUT2D eigenvalue weighted by atomic mass is 10.2. The molecule has 0 saturated carbocycles. The summed E-state index contributed by atoms with van der Waals surface area (Å²) in [6, 6.07) is 9.75. The molecular weight excluding hydrogens is 388 g/mol. The van der Waals surface area contributed by atoms with E-state index < -0.39 is 9.84 Å². The fraction of sp³-hybridized carbons (Fsp3) is 0.421. The molecule has 27 heavy (non-hydrogen) atoms. The van der Waals surface area contributed by atoms with E-state index in [4.69, 9.17) is 16.0 Å². The van der Waals surface area contributed by atoms with Crippen molar-refractivity contribution in [2.75, 3.05) is 26.2 Å². The number of carbonyl (C=O) groups excluding carboxylic acids is 1. The molecule has 0 spiro atoms. The molecule has 6 nitrogen and oxygen atoms in total. The zero-order chi connectivity index (χ0) is 19.9. The van der Waals surface area contributed by atoms with Gasteiger partial charge in [0.05, 0.1) is 5.75 Å². The summed E-state index contributed by atoms with van der Waals surface area (Å²) in [5.74, 6) is -0.402. The maximum atomic E-state index is 12.4. The minimum absolute atomic E-state index is 0.113. The quantitative estimate of drug-likeness (QED) is 0.648. The molecule has 0 atom stereocenters. The summed E-state index contributed by atoms with van der Waals surface area (Å²) in [6.07, 6.45) is 0. The highest BCUT2D eigenvalue weighted by Crippen LogP contribution is 2.17. The van der Waals surface area contributed by atoms with Gasteiger partial charge in [0.25, 0.3) is 5.91 Å². The Morgan fingerprint density at radius 3 is 2.56 bits per heavy atom. The van der Waals surface area contributed by atoms with Crippen LogP contribution < -0.4 is 5.32 Å². The lowest BCUT2D eigenvalue weighted by Crippen LogP contribution is -2.34. The molecule has 0 bridgehead atoms. The Labute approximate surface area is 165 Å². The largest absolute Gasteiger partial charge is 0.455 e. The van der Waals surface area contributed by atoms with Crippen LogP contribution in [0, 0.1) is 0 Å². The summed E-state index contributed by atoms with van der Waals surface area (Å²) in [5, 5.41) is 3.27. The predicted octanol–water partition coefficient (Wildman–Crippen LogP) is 3.12. The molecule has 1 N–H and O–H groups in total. The summed E-state index contributed by atoms with van der Waals surface area (Å²) in [7, 11) is -3.44. The van der Waals surface area contributed by atoms with Crippen molar-refractivity contribution in [2.24, 2.45) is 0 Å². The van der Waals surface area contributed by atoms with Crippen molar-refractivity contribution in [1.82, 2.24) is 10.2 Å². The third kappa shape index (κ3) is 7.01. The van der Waals surface area contributed by atoms with E-state index in [0.29, 0.717) is 17.1 Å². The molecule has 0 radical (unpaired) electrons. The number of nitrogens with zero attached hydrogens (tertiary/aromatic N) is 1. The second-order valence-electron chi connectivity index (χ2n) is 6.21. The molecule has 0 aliphatic rings. The average molecular weight is 413 g/mol. The number of carbonyl (C=O) groups is 1. The molecule has 148 valence electrons. The van der Waals surface area contributed by atoms with Crippen molar-refractivity contribution >= 4 is 27.3 Å². The molecule has 2 rings (SSSR count). The van der Waals surface area contributed by atoms with Gasteiger partial charge in [0.2, 0.25) is 0 Å². The van der Waals surface area contributed by atoms with Gasteiger partial charge in [0.15, 0.2) is 15.6 Å². The summed E-state index contributed by atoms with van der Waals surface area (Å²) < 4.78 is 30.1. The van der Waals surface area contributed by atoms with E-state index in [9.17, 15) is 13.2 Å². The van der Waals surface area contributed by atoms with Crippen LogP contribution in [0.25, 0.3) is 0 Å². The highest BCUT2D eigenvalue weighted by atomic mass is 35.5. The van der Waals surface area contributed by atoms with Gasteiger partial charge in [0.1, 0.15) is 11.5 Å². The molecule has 0 saturated heterocycles. The maximum absolute atomic E-state index is 12.4. The van der Waals surface area contributed by atoms with Crippen molar-refractivity contribution in [3.05, 3.63) is 58.5 Å². The van der Waals surface area contributed by atoms with Crippen molar-refractivity contribution in [3.63, 3.8) is 0 Å². The second kappa shape index (κ2) is 9.92. The molecule has 0 aliphatic heterocycles. The number of nitrogens with one attached hydrogen (secondary N) is 1. The first-order chi connectivity index (χ1) is 12.8. The van der Waals surface area contributed by atoms with Gasteiger partial charge in [-0.25, -0.2) is 8.42 Å². The molecule has 0 unspecified atom stereocenters. The van der Waals surface area contributed by atoms with Crippen molar-refractivity contribution in [1.29, 1.82) is 0 Å². The molecule has 0 aliphatic carbocycles. The number of halogens is 1. The van der Waals surface area contributed by atoms with Crippen LogP contribution in [0.1, 0.15) is 35.7 Å². The van der Waals surface area contributed by atoms with Crippen molar-refractivity contribution in [3.8, 4) is 0 Å². The predicted molar refractivity (Wildman–Crippen MR) is 107 cm³/mol. The molecule has 1 heterocycles. The van der Waals surface area contributed by atoms with Crippen LogP contribution in [-0.4, -0.2) is 45.4 Å². The van der Waals surface area contributed by atoms with Crippen molar-refractivity contribution in [2.45, 2.75) is 25.4 Å². The van der Waals surface area contributed by atoms with Gasteiger partial charge >= 0.3 is 0 Å². The normalized spacial score (nSPS) is 11.7. The second-order valence-corrected chi connectivity index (χ2v) is 8.71. The van der Waals surface area contributed by atoms with E-state index in [1.165, 1.54) is 12.1 Å². The standard InChI is InChI=1S/C19H25ClN2O4S/c1-3-22(4-2)11-10-21-19(23)18-9-8-17(26-18)14-27(24,25)13-15-6-5-7-16(20)12-15/h5-9,12H,3-4,10-11,13-14H2,1-2H3,(H,21,23). The van der Waals surface area contributed by atoms with E-state index >= 15 is 0 Å². The summed E-state index contributed by atoms with van der Waals surface area (Å²) in [4.78, 5) is 14.3. The first-order valence-electron chi connectivity index (χ1n) is 8.87. The average Bonchev–Trinajstić information content (AvgIpc) is 3.06. The minimum Gasteiger partial charge on any atom is -0.455 e. The molecular formula is C19H25ClN2O4S. The van der Waals surface area contributed by atoms with Crippen LogP contribution >= 0.6 is 11.6 Å². The van der Waals surface area contributed by atoms with E-state index in [-0.39, 0.29) is 28.9 Å². The van der Waals surface area contributed by atoms with Gasteiger partial charge in [0, 0.05) is 18.1 Å². The van der Waals surface area contributed by atoms with Crippen molar-refractivity contribution < 1.29 is 17.6 Å². The number of furan rings is 1. The molecule has 1 amide bonds. The van der Waals surface area contributed by atoms with Crippen LogP contribution in [-0.2, 0) is 21.3 Å². The Balaban J connectivity index is 1.91. The number of hydrogen-bond acceptors (Lipinski definition) is 5. The Morgan fingerprint density at radius 1 is 1.15 bits per heavy atom. The highest BCUT2D eigenvalue weighted by Gasteiger charge is 2.18. The Morgan fingerprint density at radius 2 is 1.89 bits per heavy atom. The number of rotatable bonds is 10. The van der Waals surface area contributed by atoms with Crippen LogP contribution in [0.3, 0.4) is 0 Å². The number of amides is 1. The summed E-state index contributed by atoms with van der Waals surface area (Å²) in [5.41, 5.74) is 0.614. The van der Waals surface area contributed by atoms with Crippen LogP contribution in [0.5, 0.6) is 0 Å². The number of hydrogen-bond donors (Lipinski definition) is 1. The van der Waals surface area contributed by atoms with Crippen LogP contribution in [0.2, 0.25) is 5.02 Å². The number of sulfone groups is 1. The monoisotopic (exact) mass is 412 g/mol. The highest BCUT2D eigenvalue weighted by molar-refractivity contribution is 7.89. The third-order valence-electron chi connectivity index (χ3n) is 4.13. The smallest absolute Gasteiger partial charge is 0.287 e. The van der Waals surface area contributed by atoms with Gasteiger partial charge in [-0.15, -0.1) is 0 Å². The number of benzene rings is 1. The lowest BCUT2D eigenvalue weighted by molar-refractivity contribution is 0.0919. The number of likely N-dealkylation sites (N-methyl/N-ethyl adjacent to an activating group) is 1. The van der Waals surface area contributed by atoms with Gasteiger partial charge in [-0.2, -0.15) is 0 Å². The molecule has 2 aromatic rings. The molecule has 1 aromatic heterocycles. The lowest BCUT2D eigenvalue weighted by Gasteiger charge is -2.17. The van der Waals surface area contributed by atoms with E-state index in [2.05, 4.69) is 24.1 Å². The van der Waals surface area contributed by atoms with E-state index in [1.807, 2.05) is 0 Å². The Kier molecular flexibility index (Phi) is 7.89. The zero-order valence-corrected chi connectivity index (χ0v) is 17.1. The zero-order valence-electron chi connectivity index (χ0n) is 15.6. The van der Waals surface area contributed by atoms with Gasteiger partial charge < -0.3 is 14.6 Å². The third-order valence-corrected chi connectivity index (χ3v) is 5.86. The fourth-order valence-corrected chi connectivity index (χ4v) is 4.27.